The van der Waals surface area contributed by atoms with Gasteiger partial charge < -0.3 is 9.72 Å². The minimum atomic E-state index is -6.47. The first-order chi connectivity index (χ1) is 14.2. The molecule has 170 valence electrons. The average Bonchev–Trinajstić information content (AvgIpc) is 3.27. The fourth-order valence-electron chi connectivity index (χ4n) is 2.20. The summed E-state index contributed by atoms with van der Waals surface area (Å²) in [4.78, 5) is 10.2. The summed E-state index contributed by atoms with van der Waals surface area (Å²) in [5, 5.41) is 2.87. The Labute approximate surface area is 173 Å². The molecule has 0 spiro atoms. The van der Waals surface area contributed by atoms with Crippen LogP contribution in [-0.2, 0) is 16.6 Å². The second-order valence-corrected chi connectivity index (χ2v) is 8.51. The monoisotopic (exact) mass is 492 g/mol. The van der Waals surface area contributed by atoms with Gasteiger partial charge in [-0.15, -0.1) is 11.3 Å². The van der Waals surface area contributed by atoms with Crippen LogP contribution in [0.25, 0.3) is 11.0 Å². The molecule has 0 aromatic carbocycles. The van der Waals surface area contributed by atoms with Crippen LogP contribution in [0.5, 0.6) is 5.75 Å². The van der Waals surface area contributed by atoms with E-state index < -0.39 is 46.9 Å². The van der Waals surface area contributed by atoms with Crippen LogP contribution in [0.15, 0.2) is 34.2 Å². The number of fused-ring (bicyclic) bond motifs is 1. The number of rotatable bonds is 8. The summed E-state index contributed by atoms with van der Waals surface area (Å²) in [6.07, 6.45) is -5.50. The molecule has 3 heterocycles. The molecule has 0 aliphatic heterocycles. The number of hydrogen-bond donors (Lipinski definition) is 2. The Hall–Kier alpha value is -2.46. The number of aromatic nitrogens is 3. The van der Waals surface area contributed by atoms with Crippen LogP contribution in [0.1, 0.15) is 5.69 Å². The van der Waals surface area contributed by atoms with Gasteiger partial charge in [-0.1, -0.05) is 0 Å². The van der Waals surface area contributed by atoms with Crippen molar-refractivity contribution in [1.82, 2.24) is 19.7 Å². The Balaban J connectivity index is 1.66. The zero-order valence-electron chi connectivity index (χ0n) is 14.9. The topological polar surface area (TPSA) is 97.0 Å². The lowest BCUT2D eigenvalue weighted by Gasteiger charge is -2.27. The molecule has 0 saturated carbocycles. The maximum Gasteiger partial charge on any atom is 0.460 e. The minimum absolute atomic E-state index is 0.0836. The molecule has 3 rings (SSSR count). The Morgan fingerprint density at radius 3 is 2.48 bits per heavy atom. The molecule has 7 nitrogen and oxygen atoms in total. The van der Waals surface area contributed by atoms with E-state index in [-0.39, 0.29) is 10.9 Å². The molecule has 0 unspecified atom stereocenters. The van der Waals surface area contributed by atoms with Crippen LogP contribution < -0.4 is 9.46 Å². The Morgan fingerprint density at radius 2 is 1.84 bits per heavy atom. The molecule has 0 atom stereocenters. The Bertz CT molecular complexity index is 1150. The standard InChI is InChI=1S/C15H11F7N4O3S2/c16-13(17,14(18,19)15(20,21)22)7-29-9-1-2-23-8(3-9)4-24-31(27,28)12-25-10-5-30-6-11(10)26-12/h1-3,5-6,24H,4,7H2,(H,25,26). The normalized spacial score (nSPS) is 13.6. The molecule has 0 aliphatic rings. The number of pyridine rings is 1. The zero-order chi connectivity index (χ0) is 23.1. The number of nitrogens with zero attached hydrogens (tertiary/aromatic N) is 2. The fraction of sp³-hybridized carbons (Fsp3) is 0.333. The predicted octanol–water partition coefficient (Wildman–Crippen LogP) is 3.71. The van der Waals surface area contributed by atoms with Crippen LogP contribution in [-0.4, -0.2) is 48.0 Å². The summed E-state index contributed by atoms with van der Waals surface area (Å²) in [7, 11) is -4.11. The van der Waals surface area contributed by atoms with Crippen molar-refractivity contribution < 1.29 is 43.9 Å². The van der Waals surface area contributed by atoms with E-state index in [1.165, 1.54) is 11.3 Å². The van der Waals surface area contributed by atoms with Crippen LogP contribution in [0.2, 0.25) is 0 Å². The number of hydrogen-bond acceptors (Lipinski definition) is 6. The molecule has 16 heteroatoms. The lowest BCUT2D eigenvalue weighted by atomic mass is 10.2. The first-order valence-electron chi connectivity index (χ1n) is 8.05. The zero-order valence-corrected chi connectivity index (χ0v) is 16.5. The van der Waals surface area contributed by atoms with Crippen molar-refractivity contribution >= 4 is 32.4 Å². The van der Waals surface area contributed by atoms with Crippen LogP contribution >= 0.6 is 11.3 Å². The van der Waals surface area contributed by atoms with Crippen molar-refractivity contribution in [3.05, 3.63) is 34.8 Å². The van der Waals surface area contributed by atoms with Gasteiger partial charge in [0.15, 0.2) is 6.61 Å². The van der Waals surface area contributed by atoms with Gasteiger partial charge >= 0.3 is 18.0 Å². The van der Waals surface area contributed by atoms with E-state index in [0.717, 1.165) is 18.3 Å². The summed E-state index contributed by atoms with van der Waals surface area (Å²) in [6.45, 7) is -2.74. The minimum Gasteiger partial charge on any atom is -0.487 e. The van der Waals surface area contributed by atoms with Gasteiger partial charge in [0.05, 0.1) is 17.8 Å². The molecule has 0 fully saturated rings. The highest BCUT2D eigenvalue weighted by Crippen LogP contribution is 2.46. The van der Waals surface area contributed by atoms with Crippen molar-refractivity contribution in [2.24, 2.45) is 0 Å². The number of halogens is 7. The van der Waals surface area contributed by atoms with E-state index in [2.05, 4.69) is 24.4 Å². The number of imidazole rings is 1. The van der Waals surface area contributed by atoms with Gasteiger partial charge in [0.25, 0.3) is 10.0 Å². The molecular weight excluding hydrogens is 481 g/mol. The van der Waals surface area contributed by atoms with Gasteiger partial charge in [0, 0.05) is 23.0 Å². The van der Waals surface area contributed by atoms with Gasteiger partial charge in [0.1, 0.15) is 11.3 Å². The highest BCUT2D eigenvalue weighted by atomic mass is 32.2. The number of thiophene rings is 1. The summed E-state index contributed by atoms with van der Waals surface area (Å²) < 4.78 is 120. The molecule has 3 aromatic heterocycles. The molecule has 3 aromatic rings. The Morgan fingerprint density at radius 1 is 1.13 bits per heavy atom. The van der Waals surface area contributed by atoms with Gasteiger partial charge in [0.2, 0.25) is 5.16 Å². The summed E-state index contributed by atoms with van der Waals surface area (Å²) in [5.74, 6) is -12.4. The Kier molecular flexibility index (Phi) is 5.92. The largest absolute Gasteiger partial charge is 0.487 e. The molecule has 0 aliphatic carbocycles. The number of ether oxygens (including phenoxy) is 1. The molecule has 0 amide bonds. The second kappa shape index (κ2) is 7.90. The second-order valence-electron chi connectivity index (χ2n) is 6.09. The van der Waals surface area contributed by atoms with Crippen LogP contribution in [0.4, 0.5) is 30.7 Å². The maximum absolute atomic E-state index is 13.3. The van der Waals surface area contributed by atoms with Gasteiger partial charge in [-0.05, 0) is 6.07 Å². The molecular formula is C15H11F7N4O3S2. The first-order valence-corrected chi connectivity index (χ1v) is 10.5. The molecule has 0 radical (unpaired) electrons. The summed E-state index contributed by atoms with van der Waals surface area (Å²) in [5.41, 5.74) is 0.839. The number of H-pyrrole nitrogens is 1. The summed E-state index contributed by atoms with van der Waals surface area (Å²) >= 11 is 1.30. The maximum atomic E-state index is 13.3. The third-order valence-corrected chi connectivity index (χ3v) is 5.78. The number of alkyl halides is 7. The quantitative estimate of drug-likeness (QED) is 0.468. The fourth-order valence-corrected chi connectivity index (χ4v) is 3.83. The number of nitrogens with one attached hydrogen (secondary N) is 2. The van der Waals surface area contributed by atoms with Crippen molar-refractivity contribution in [2.45, 2.75) is 29.7 Å². The van der Waals surface area contributed by atoms with Gasteiger partial charge in [-0.3, -0.25) is 4.98 Å². The van der Waals surface area contributed by atoms with Crippen LogP contribution in [0.3, 0.4) is 0 Å². The van der Waals surface area contributed by atoms with E-state index in [0.29, 0.717) is 11.0 Å². The molecule has 0 bridgehead atoms. The van der Waals surface area contributed by atoms with Crippen molar-refractivity contribution in [2.75, 3.05) is 6.61 Å². The highest BCUT2D eigenvalue weighted by Gasteiger charge is 2.73. The average molecular weight is 492 g/mol. The molecule has 31 heavy (non-hydrogen) atoms. The third-order valence-electron chi connectivity index (χ3n) is 3.83. The third kappa shape index (κ3) is 4.74. The van der Waals surface area contributed by atoms with Crippen molar-refractivity contribution in [1.29, 1.82) is 0 Å². The number of sulfonamides is 1. The molecule has 0 saturated heterocycles. The van der Waals surface area contributed by atoms with Gasteiger partial charge in [-0.2, -0.15) is 30.7 Å². The van der Waals surface area contributed by atoms with E-state index in [4.69, 9.17) is 0 Å². The first kappa shape index (κ1) is 23.2. The van der Waals surface area contributed by atoms with Crippen molar-refractivity contribution in [3.63, 3.8) is 0 Å². The molecule has 2 N–H and O–H groups in total. The highest BCUT2D eigenvalue weighted by molar-refractivity contribution is 7.89. The number of aromatic amines is 1. The van der Waals surface area contributed by atoms with Crippen molar-refractivity contribution in [3.8, 4) is 5.75 Å². The predicted molar refractivity (Wildman–Crippen MR) is 93.7 cm³/mol. The lowest BCUT2D eigenvalue weighted by Crippen LogP contribution is -2.54. The van der Waals surface area contributed by atoms with E-state index in [1.807, 2.05) is 0 Å². The van der Waals surface area contributed by atoms with Crippen LogP contribution in [0, 0.1) is 0 Å². The van der Waals surface area contributed by atoms with E-state index >= 15 is 0 Å². The smallest absolute Gasteiger partial charge is 0.460 e. The summed E-state index contributed by atoms with van der Waals surface area (Å²) in [6, 6.07) is 1.84. The van der Waals surface area contributed by atoms with Gasteiger partial charge in [-0.25, -0.2) is 18.1 Å². The van der Waals surface area contributed by atoms with E-state index in [1.54, 1.807) is 10.8 Å². The SMILES string of the molecule is O=S(=O)(NCc1cc(OCC(F)(F)C(F)(F)C(F)(F)F)ccn1)c1nc2cscc2[nH]1. The lowest BCUT2D eigenvalue weighted by molar-refractivity contribution is -0.358. The van der Waals surface area contributed by atoms with E-state index in [9.17, 15) is 39.2 Å².